The highest BCUT2D eigenvalue weighted by molar-refractivity contribution is 6.67. The van der Waals surface area contributed by atoms with Gasteiger partial charge in [-0.05, 0) is 42.7 Å². The van der Waals surface area contributed by atoms with Crippen LogP contribution in [0.3, 0.4) is 0 Å². The second kappa shape index (κ2) is 18.5. The van der Waals surface area contributed by atoms with Crippen LogP contribution in [0.4, 0.5) is 4.79 Å². The van der Waals surface area contributed by atoms with E-state index in [2.05, 4.69) is 5.32 Å². The number of alkyl halides is 3. The Bertz CT molecular complexity index is 2250. The summed E-state index contributed by atoms with van der Waals surface area (Å²) in [6, 6.07) is 14.4. The highest BCUT2D eigenvalue weighted by Gasteiger charge is 2.79. The Labute approximate surface area is 389 Å². The molecule has 2 aromatic rings. The van der Waals surface area contributed by atoms with E-state index in [0.29, 0.717) is 5.56 Å². The number of hydrogen-bond donors (Lipinski definition) is 3. The van der Waals surface area contributed by atoms with Crippen LogP contribution in [-0.4, -0.2) is 117 Å². The number of carbonyl (C=O) groups excluding carboxylic acids is 7. The molecular formula is C45H50Cl3NO16. The Hall–Kier alpha value is -4.78. The van der Waals surface area contributed by atoms with Gasteiger partial charge >= 0.3 is 30.0 Å². The van der Waals surface area contributed by atoms with Crippen LogP contribution < -0.4 is 5.32 Å². The molecular weight excluding hydrogens is 917 g/mol. The number of carbonyl (C=O) groups is 7. The van der Waals surface area contributed by atoms with Gasteiger partial charge in [0.05, 0.1) is 29.5 Å². The standard InChI is InChI=1S/C45H50Cl3NO16/c1-22-28(62-39(56)33(53)32(49-23(2)50)26-14-10-8-11-15-26)19-44(58)37(64-38(55)27-16-12-9-13-17-27)35-42(7,36(54)34(61-24(3)51)31(22)41(44,5)6)29(63-40(57)60-21-45(46,47)48)18-30-43(35,20-59-30)65-25(4)52/h8-17,28-30,32-35,37,53,58H,18-21H2,1-7H3,(H,49,50)/t28?,29?,30?,32?,33?,34?,35?,37?,42-,43+,44?/m1/s1. The van der Waals surface area contributed by atoms with Crippen LogP contribution >= 0.6 is 34.8 Å². The normalized spacial score (nSPS) is 31.1. The number of ketones is 1. The Morgan fingerprint density at radius 3 is 2.05 bits per heavy atom. The summed E-state index contributed by atoms with van der Waals surface area (Å²) in [6.07, 6.45) is -12.7. The van der Waals surface area contributed by atoms with Gasteiger partial charge in [0.25, 0.3) is 0 Å². The number of Topliss-reactive ketones (excluding diaryl/α,β-unsaturated/α-hetero) is 1. The van der Waals surface area contributed by atoms with E-state index in [1.165, 1.54) is 46.8 Å². The molecule has 1 aliphatic heterocycles. The maximum Gasteiger partial charge on any atom is 0.508 e. The molecule has 20 heteroatoms. The summed E-state index contributed by atoms with van der Waals surface area (Å²) in [4.78, 5) is 96.6. The van der Waals surface area contributed by atoms with Crippen molar-refractivity contribution in [3.8, 4) is 0 Å². The summed E-state index contributed by atoms with van der Waals surface area (Å²) < 4.78 is 39.3. The van der Waals surface area contributed by atoms with Crippen LogP contribution in [0.25, 0.3) is 0 Å². The lowest BCUT2D eigenvalue weighted by molar-refractivity contribution is -0.346. The lowest BCUT2D eigenvalue weighted by Crippen LogP contribution is -2.82. The average Bonchev–Trinajstić information content (AvgIpc) is 3.22. The van der Waals surface area contributed by atoms with Gasteiger partial charge in [-0.15, -0.1) is 0 Å². The van der Waals surface area contributed by atoms with Crippen LogP contribution in [0.2, 0.25) is 0 Å². The number of benzene rings is 2. The molecule has 1 heterocycles. The van der Waals surface area contributed by atoms with Gasteiger partial charge in [-0.25, -0.2) is 14.4 Å². The maximum atomic E-state index is 15.9. The summed E-state index contributed by atoms with van der Waals surface area (Å²) in [5, 5.41) is 27.9. The Balaban J connectivity index is 1.60. The highest BCUT2D eigenvalue weighted by atomic mass is 35.6. The lowest BCUT2D eigenvalue weighted by atomic mass is 9.44. The molecule has 352 valence electrons. The van der Waals surface area contributed by atoms with Gasteiger partial charge < -0.3 is 48.7 Å². The number of amides is 1. The molecule has 65 heavy (non-hydrogen) atoms. The largest absolute Gasteiger partial charge is 0.508 e. The molecule has 1 saturated heterocycles. The van der Waals surface area contributed by atoms with Crippen LogP contribution in [0, 0.1) is 16.7 Å². The highest BCUT2D eigenvalue weighted by Crippen LogP contribution is 2.65. The fourth-order valence-electron chi connectivity index (χ4n) is 10.0. The van der Waals surface area contributed by atoms with Gasteiger partial charge in [0.1, 0.15) is 36.6 Å². The summed E-state index contributed by atoms with van der Waals surface area (Å²) in [5.74, 6) is -7.38. The number of ether oxygens (including phenoxy) is 7. The van der Waals surface area contributed by atoms with Gasteiger partial charge in [-0.3, -0.25) is 19.2 Å². The summed E-state index contributed by atoms with van der Waals surface area (Å²) >= 11 is 17.5. The topological polar surface area (TPSA) is 237 Å². The molecule has 17 nitrogen and oxygen atoms in total. The molecule has 0 radical (unpaired) electrons. The Kier molecular flexibility index (Phi) is 14.1. The van der Waals surface area contributed by atoms with Crippen molar-refractivity contribution >= 4 is 76.5 Å². The number of halogens is 3. The third-order valence-corrected chi connectivity index (χ3v) is 13.4. The SMILES string of the molecule is CC(=O)NC(c1ccccc1)C(O)C(=O)OC1CC2(O)C(OC(=O)c3ccccc3)C3[C@]4(OC(C)=O)COC4CC(OC(=O)OCC(Cl)(Cl)Cl)[C@@]3(C)C(=O)C(OC(C)=O)C(=C1C)C2(C)C. The number of nitrogens with one attached hydrogen (secondary N) is 1. The van der Waals surface area contributed by atoms with E-state index in [9.17, 15) is 39.0 Å². The molecule has 1 amide bonds. The molecule has 2 saturated carbocycles. The molecule has 3 fully saturated rings. The second-order valence-electron chi connectivity index (χ2n) is 17.5. The molecule has 4 aliphatic rings. The Morgan fingerprint density at radius 1 is 0.892 bits per heavy atom. The van der Waals surface area contributed by atoms with Crippen molar-refractivity contribution in [3.63, 3.8) is 0 Å². The van der Waals surface area contributed by atoms with Gasteiger partial charge in [0.2, 0.25) is 9.70 Å². The first-order valence-corrected chi connectivity index (χ1v) is 21.7. The predicted molar refractivity (Wildman–Crippen MR) is 228 cm³/mol. The van der Waals surface area contributed by atoms with Crippen LogP contribution in [0.1, 0.15) is 83.3 Å². The van der Waals surface area contributed by atoms with Gasteiger partial charge in [0, 0.05) is 39.0 Å². The first-order valence-electron chi connectivity index (χ1n) is 20.6. The minimum absolute atomic E-state index is 0.00223. The number of esters is 4. The van der Waals surface area contributed by atoms with Crippen LogP contribution in [-0.2, 0) is 57.1 Å². The average molecular weight is 967 g/mol. The van der Waals surface area contributed by atoms with Crippen molar-refractivity contribution < 1.29 is 76.9 Å². The quantitative estimate of drug-likeness (QED) is 0.117. The predicted octanol–water partition coefficient (Wildman–Crippen LogP) is 4.97. The minimum atomic E-state index is -2.51. The molecule has 2 bridgehead atoms. The number of aliphatic hydroxyl groups excluding tert-OH is 1. The number of hydrogen-bond acceptors (Lipinski definition) is 16. The van der Waals surface area contributed by atoms with E-state index in [1.807, 2.05) is 0 Å². The third kappa shape index (κ3) is 9.32. The fraction of sp³-hybridized carbons (Fsp3) is 0.533. The molecule has 0 aromatic heterocycles. The summed E-state index contributed by atoms with van der Waals surface area (Å²) in [7, 11) is 0. The smallest absolute Gasteiger partial charge is 0.456 e. The van der Waals surface area contributed by atoms with E-state index >= 15 is 4.79 Å². The van der Waals surface area contributed by atoms with Crippen molar-refractivity contribution in [2.75, 3.05) is 13.2 Å². The van der Waals surface area contributed by atoms with Crippen molar-refractivity contribution in [2.45, 2.75) is 119 Å². The fourth-order valence-corrected chi connectivity index (χ4v) is 10.2. The molecule has 11 atom stereocenters. The molecule has 0 spiro atoms. The van der Waals surface area contributed by atoms with Crippen LogP contribution in [0.15, 0.2) is 71.8 Å². The van der Waals surface area contributed by atoms with E-state index in [0.717, 1.165) is 13.8 Å². The molecule has 6 rings (SSSR count). The molecule has 9 unspecified atom stereocenters. The zero-order valence-corrected chi connectivity index (χ0v) is 38.7. The lowest BCUT2D eigenvalue weighted by Gasteiger charge is -2.67. The molecule has 3 aliphatic carbocycles. The zero-order chi connectivity index (χ0) is 48.0. The minimum Gasteiger partial charge on any atom is -0.456 e. The number of aliphatic hydroxyl groups is 2. The van der Waals surface area contributed by atoms with E-state index < -0.39 is 136 Å². The van der Waals surface area contributed by atoms with Crippen molar-refractivity contribution in [1.29, 1.82) is 0 Å². The summed E-state index contributed by atoms with van der Waals surface area (Å²) in [6.45, 7) is 7.95. The maximum absolute atomic E-state index is 15.9. The van der Waals surface area contributed by atoms with Gasteiger partial charge in [-0.1, -0.05) is 97.2 Å². The van der Waals surface area contributed by atoms with Gasteiger partial charge in [-0.2, -0.15) is 0 Å². The monoisotopic (exact) mass is 965 g/mol. The zero-order valence-electron chi connectivity index (χ0n) is 36.5. The molecule has 2 aromatic carbocycles. The third-order valence-electron chi connectivity index (χ3n) is 13.1. The van der Waals surface area contributed by atoms with Crippen molar-refractivity contribution in [3.05, 3.63) is 82.9 Å². The van der Waals surface area contributed by atoms with Crippen molar-refractivity contribution in [1.82, 2.24) is 5.32 Å². The second-order valence-corrected chi connectivity index (χ2v) is 20.0. The van der Waals surface area contributed by atoms with Crippen molar-refractivity contribution in [2.24, 2.45) is 16.7 Å². The first kappa shape index (κ1) is 49.6. The van der Waals surface area contributed by atoms with Gasteiger partial charge in [0.15, 0.2) is 23.6 Å². The van der Waals surface area contributed by atoms with Crippen LogP contribution in [0.5, 0.6) is 0 Å². The first-order chi connectivity index (χ1) is 30.3. The van der Waals surface area contributed by atoms with E-state index in [1.54, 1.807) is 48.5 Å². The van der Waals surface area contributed by atoms with E-state index in [-0.39, 0.29) is 23.1 Å². The van der Waals surface area contributed by atoms with E-state index in [4.69, 9.17) is 68.0 Å². The molecule has 3 N–H and O–H groups in total. The summed E-state index contributed by atoms with van der Waals surface area (Å²) in [5.41, 5.74) is -8.07. The Morgan fingerprint density at radius 2 is 1.51 bits per heavy atom. The number of fused-ring (bicyclic) bond motifs is 5. The number of rotatable bonds is 11.